The second-order valence-electron chi connectivity index (χ2n) is 12.9. The van der Waals surface area contributed by atoms with E-state index >= 15 is 0 Å². The van der Waals surface area contributed by atoms with Crippen LogP contribution in [0.2, 0.25) is 0 Å². The molecule has 3 aliphatic rings. The van der Waals surface area contributed by atoms with E-state index in [-0.39, 0.29) is 55.8 Å². The first-order valence-corrected chi connectivity index (χ1v) is 17.1. The molecule has 10 heteroatoms. The van der Waals surface area contributed by atoms with E-state index in [9.17, 15) is 13.6 Å². The molecule has 2 aliphatic heterocycles. The van der Waals surface area contributed by atoms with Gasteiger partial charge >= 0.3 is 251 Å². The molecule has 1 aromatic carbocycles. The molecule has 0 radical (unpaired) electrons. The van der Waals surface area contributed by atoms with Crippen LogP contribution < -0.4 is 21.2 Å². The molecular formula is C31H35F2IN5O2-. The van der Waals surface area contributed by atoms with Crippen molar-refractivity contribution in [2.75, 3.05) is 21.9 Å². The van der Waals surface area contributed by atoms with E-state index in [1.807, 2.05) is 39.1 Å². The van der Waals surface area contributed by atoms with Gasteiger partial charge in [-0.2, -0.15) is 0 Å². The molecule has 3 aromatic rings. The third kappa shape index (κ3) is 4.70. The molecule has 2 aromatic heterocycles. The van der Waals surface area contributed by atoms with E-state index in [4.69, 9.17) is 14.8 Å². The Morgan fingerprint density at radius 2 is 1.90 bits per heavy atom. The van der Waals surface area contributed by atoms with E-state index in [0.29, 0.717) is 13.1 Å². The Labute approximate surface area is 249 Å². The minimum absolute atomic E-state index is 0.00295. The molecule has 41 heavy (non-hydrogen) atoms. The van der Waals surface area contributed by atoms with Gasteiger partial charge in [0.25, 0.3) is 0 Å². The quantitative estimate of drug-likeness (QED) is 0.314. The SMILES string of the molecule is CC(C)(C)OC(=O)N1CCC[C@@H](c2nccc([C@@]34C[I-]C[C@@H](c5cc(-c6c(F)cccc6F)nnc53)C4(C)C)n2)C1. The molecular weight excluding hydrogens is 639 g/mol. The van der Waals surface area contributed by atoms with Gasteiger partial charge in [-0.25, -0.2) is 0 Å². The topological polar surface area (TPSA) is 81.1 Å². The molecule has 4 heterocycles. The number of halogens is 3. The third-order valence-electron chi connectivity index (χ3n) is 8.90. The maximum atomic E-state index is 14.7. The van der Waals surface area contributed by atoms with E-state index < -0.39 is 22.7 Å². The molecule has 2 saturated heterocycles. The van der Waals surface area contributed by atoms with E-state index in [0.717, 1.165) is 44.5 Å². The van der Waals surface area contributed by atoms with Crippen LogP contribution in [0.15, 0.2) is 36.5 Å². The van der Waals surface area contributed by atoms with Crippen molar-refractivity contribution in [3.63, 3.8) is 0 Å². The molecule has 0 N–H and O–H groups in total. The second-order valence-corrected chi connectivity index (χ2v) is 15.6. The first-order chi connectivity index (χ1) is 19.4. The summed E-state index contributed by atoms with van der Waals surface area (Å²) in [6.07, 6.45) is 3.26. The number of alkyl halides is 2. The molecule has 0 saturated carbocycles. The fourth-order valence-corrected chi connectivity index (χ4v) is 11.7. The summed E-state index contributed by atoms with van der Waals surface area (Å²) in [7, 11) is 0. The summed E-state index contributed by atoms with van der Waals surface area (Å²) in [5.74, 6) is -0.361. The predicted molar refractivity (Wildman–Crippen MR) is 146 cm³/mol. The zero-order valence-electron chi connectivity index (χ0n) is 24.0. The molecule has 1 aliphatic carbocycles. The van der Waals surface area contributed by atoms with Gasteiger partial charge < -0.3 is 0 Å². The van der Waals surface area contributed by atoms with Gasteiger partial charge in [0, 0.05) is 0 Å². The van der Waals surface area contributed by atoms with Gasteiger partial charge in [0.05, 0.1) is 0 Å². The van der Waals surface area contributed by atoms with Crippen molar-refractivity contribution < 1.29 is 39.5 Å². The number of nitrogens with zero attached hydrogens (tertiary/aromatic N) is 5. The molecule has 6 rings (SSSR count). The second kappa shape index (κ2) is 10.2. The van der Waals surface area contributed by atoms with Gasteiger partial charge in [0.1, 0.15) is 0 Å². The van der Waals surface area contributed by atoms with Crippen molar-refractivity contribution in [2.24, 2.45) is 5.41 Å². The van der Waals surface area contributed by atoms with Crippen LogP contribution in [0.4, 0.5) is 13.6 Å². The van der Waals surface area contributed by atoms with Crippen LogP contribution in [0.25, 0.3) is 11.3 Å². The van der Waals surface area contributed by atoms with Crippen molar-refractivity contribution >= 4 is 6.09 Å². The van der Waals surface area contributed by atoms with Gasteiger partial charge in [-0.05, 0) is 0 Å². The van der Waals surface area contributed by atoms with Crippen molar-refractivity contribution in [1.82, 2.24) is 25.1 Å². The molecule has 2 fully saturated rings. The number of aromatic nitrogens is 4. The summed E-state index contributed by atoms with van der Waals surface area (Å²) in [5, 5.41) is 9.11. The summed E-state index contributed by atoms with van der Waals surface area (Å²) < 4.78 is 37.0. The summed E-state index contributed by atoms with van der Waals surface area (Å²) in [6, 6.07) is 7.71. The number of fused-ring (bicyclic) bond motifs is 5. The summed E-state index contributed by atoms with van der Waals surface area (Å²) in [6.45, 7) is 11.3. The van der Waals surface area contributed by atoms with Crippen LogP contribution in [0.3, 0.4) is 0 Å². The Bertz CT molecular complexity index is 1490. The number of benzene rings is 1. The van der Waals surface area contributed by atoms with Gasteiger partial charge in [0.15, 0.2) is 0 Å². The minimum atomic E-state index is -0.644. The monoisotopic (exact) mass is 674 g/mol. The average Bonchev–Trinajstić information content (AvgIpc) is 3.02. The van der Waals surface area contributed by atoms with E-state index in [2.05, 4.69) is 23.9 Å². The number of piperidine rings is 1. The number of hydrogen-bond acceptors (Lipinski definition) is 6. The number of carbonyl (C=O) groups is 1. The number of hydrogen-bond donors (Lipinski definition) is 0. The number of likely N-dealkylation sites (tertiary alicyclic amines) is 1. The Morgan fingerprint density at radius 3 is 2.63 bits per heavy atom. The third-order valence-corrected chi connectivity index (χ3v) is 12.1. The Hall–Kier alpha value is -2.76. The predicted octanol–water partition coefficient (Wildman–Crippen LogP) is 2.84. The van der Waals surface area contributed by atoms with Gasteiger partial charge in [-0.3, -0.25) is 0 Å². The van der Waals surface area contributed by atoms with Crippen molar-refractivity contribution in [3.8, 4) is 11.3 Å². The molecule has 0 unspecified atom stereocenters. The molecule has 0 spiro atoms. The molecule has 218 valence electrons. The first-order valence-electron chi connectivity index (χ1n) is 14.1. The molecule has 1 amide bonds. The molecule has 3 atom stereocenters. The van der Waals surface area contributed by atoms with E-state index in [1.165, 1.54) is 18.2 Å². The van der Waals surface area contributed by atoms with Crippen LogP contribution in [0.1, 0.15) is 82.1 Å². The Morgan fingerprint density at radius 1 is 1.15 bits per heavy atom. The maximum absolute atomic E-state index is 14.7. The van der Waals surface area contributed by atoms with Crippen LogP contribution in [0, 0.1) is 17.0 Å². The summed E-state index contributed by atoms with van der Waals surface area (Å²) in [5.41, 5.74) is 1.66. The number of rotatable bonds is 3. The molecule has 7 nitrogen and oxygen atoms in total. The van der Waals surface area contributed by atoms with Gasteiger partial charge in [0.2, 0.25) is 0 Å². The van der Waals surface area contributed by atoms with Crippen LogP contribution in [-0.2, 0) is 10.2 Å². The van der Waals surface area contributed by atoms with Crippen molar-refractivity contribution in [3.05, 3.63) is 70.9 Å². The number of amides is 1. The average molecular weight is 675 g/mol. The van der Waals surface area contributed by atoms with Crippen LogP contribution in [-0.4, -0.2) is 58.7 Å². The van der Waals surface area contributed by atoms with Crippen LogP contribution in [0.5, 0.6) is 0 Å². The Balaban J connectivity index is 1.38. The van der Waals surface area contributed by atoms with Crippen LogP contribution >= 0.6 is 0 Å². The van der Waals surface area contributed by atoms with Gasteiger partial charge in [-0.15, -0.1) is 0 Å². The fraction of sp³-hybridized carbons (Fsp3) is 0.516. The summed E-state index contributed by atoms with van der Waals surface area (Å²) in [4.78, 5) is 24.5. The fourth-order valence-electron chi connectivity index (χ4n) is 6.68. The van der Waals surface area contributed by atoms with E-state index in [1.54, 1.807) is 4.90 Å². The van der Waals surface area contributed by atoms with Crippen molar-refractivity contribution in [1.29, 1.82) is 0 Å². The normalized spacial score (nSPS) is 25.3. The molecule has 2 bridgehead atoms. The number of ether oxygens (including phenoxy) is 1. The Kier molecular flexibility index (Phi) is 7.06. The van der Waals surface area contributed by atoms with Gasteiger partial charge in [-0.1, -0.05) is 0 Å². The van der Waals surface area contributed by atoms with Crippen molar-refractivity contribution in [2.45, 2.75) is 70.3 Å². The zero-order valence-corrected chi connectivity index (χ0v) is 26.2. The number of carbonyl (C=O) groups excluding carboxylic acids is 1. The summed E-state index contributed by atoms with van der Waals surface area (Å²) >= 11 is -0.165. The standard InChI is InChI=1S/C31H35F2IN5O2/c1-29(2,3)41-28(40)39-13-7-8-18(16-39)27-35-12-11-24(36-27)31-17-34-15-20(30(31,4)5)19-14-23(37-38-26(19)31)25-21(32)9-6-10-22(25)33/h6,9-12,14,18,20H,7-8,13,15-17H2,1-5H3/q-1/t18-,20+,31+/m1/s1. The zero-order chi connectivity index (χ0) is 29.2. The first kappa shape index (κ1) is 28.4.